The van der Waals surface area contributed by atoms with Gasteiger partial charge in [-0.2, -0.15) is 0 Å². The summed E-state index contributed by atoms with van der Waals surface area (Å²) in [6, 6.07) is 15.0. The van der Waals surface area contributed by atoms with Crippen LogP contribution in [0.3, 0.4) is 0 Å². The van der Waals surface area contributed by atoms with Gasteiger partial charge in [0.15, 0.2) is 9.84 Å². The van der Waals surface area contributed by atoms with Gasteiger partial charge in [0.1, 0.15) is 27.8 Å². The summed E-state index contributed by atoms with van der Waals surface area (Å²) in [7, 11) is -3.57. The zero-order valence-electron chi connectivity index (χ0n) is 16.1. The topological polar surface area (TPSA) is 115 Å². The molecule has 2 aromatic carbocycles. The van der Waals surface area contributed by atoms with Crippen LogP contribution in [0, 0.1) is 6.92 Å². The van der Waals surface area contributed by atoms with Gasteiger partial charge >= 0.3 is 0 Å². The van der Waals surface area contributed by atoms with Crippen molar-refractivity contribution in [1.82, 2.24) is 15.4 Å². The molecular formula is C20H15ClN4O4S2. The minimum atomic E-state index is -3.57. The lowest BCUT2D eigenvalue weighted by atomic mass is 10.1. The SMILES string of the molecule is Cc1onc(-c2ccccc2Cl)c1C(=O)Nc1nnc(CS(=O)(=O)c2ccccc2)s1. The Balaban J connectivity index is 1.55. The number of hydrogen-bond acceptors (Lipinski definition) is 8. The molecule has 0 saturated heterocycles. The van der Waals surface area contributed by atoms with Crippen LogP contribution in [0.5, 0.6) is 0 Å². The molecule has 0 aliphatic heterocycles. The van der Waals surface area contributed by atoms with Crippen LogP contribution in [0.2, 0.25) is 5.02 Å². The number of rotatable bonds is 6. The number of aromatic nitrogens is 3. The molecule has 4 rings (SSSR count). The summed E-state index contributed by atoms with van der Waals surface area (Å²) in [5.74, 6) is -0.520. The van der Waals surface area contributed by atoms with Gasteiger partial charge in [0.25, 0.3) is 5.91 Å². The van der Waals surface area contributed by atoms with Crippen molar-refractivity contribution in [2.24, 2.45) is 0 Å². The fraction of sp³-hybridized carbons (Fsp3) is 0.100. The molecule has 0 saturated carbocycles. The summed E-state index contributed by atoms with van der Waals surface area (Å²) in [5.41, 5.74) is 1.07. The van der Waals surface area contributed by atoms with Gasteiger partial charge in [-0.15, -0.1) is 10.2 Å². The smallest absolute Gasteiger partial charge is 0.263 e. The Bertz CT molecular complexity index is 1350. The molecule has 0 spiro atoms. The molecule has 0 unspecified atom stereocenters. The molecular weight excluding hydrogens is 460 g/mol. The van der Waals surface area contributed by atoms with E-state index in [1.165, 1.54) is 12.1 Å². The van der Waals surface area contributed by atoms with Crippen LogP contribution < -0.4 is 5.32 Å². The summed E-state index contributed by atoms with van der Waals surface area (Å²) in [4.78, 5) is 13.1. The van der Waals surface area contributed by atoms with Gasteiger partial charge in [-0.3, -0.25) is 10.1 Å². The van der Waals surface area contributed by atoms with E-state index >= 15 is 0 Å². The lowest BCUT2D eigenvalue weighted by Crippen LogP contribution is -2.13. The first-order valence-corrected chi connectivity index (χ1v) is 11.8. The molecule has 1 amide bonds. The van der Waals surface area contributed by atoms with E-state index in [0.29, 0.717) is 22.0 Å². The number of aryl methyl sites for hydroxylation is 1. The van der Waals surface area contributed by atoms with Crippen LogP contribution in [0.15, 0.2) is 64.0 Å². The molecule has 0 atom stereocenters. The highest BCUT2D eigenvalue weighted by atomic mass is 35.5. The Morgan fingerprint density at radius 1 is 1.10 bits per heavy atom. The summed E-state index contributed by atoms with van der Waals surface area (Å²) < 4.78 is 30.2. The minimum Gasteiger partial charge on any atom is -0.360 e. The van der Waals surface area contributed by atoms with E-state index in [1.807, 2.05) is 0 Å². The van der Waals surface area contributed by atoms with E-state index in [1.54, 1.807) is 49.4 Å². The predicted molar refractivity (Wildman–Crippen MR) is 117 cm³/mol. The van der Waals surface area contributed by atoms with E-state index < -0.39 is 15.7 Å². The Morgan fingerprint density at radius 3 is 2.55 bits per heavy atom. The Morgan fingerprint density at radius 2 is 1.81 bits per heavy atom. The minimum absolute atomic E-state index is 0.161. The predicted octanol–water partition coefficient (Wildman–Crippen LogP) is 4.38. The van der Waals surface area contributed by atoms with Crippen molar-refractivity contribution in [2.45, 2.75) is 17.6 Å². The van der Waals surface area contributed by atoms with Crippen molar-refractivity contribution >= 4 is 43.8 Å². The van der Waals surface area contributed by atoms with Crippen molar-refractivity contribution < 1.29 is 17.7 Å². The highest BCUT2D eigenvalue weighted by Crippen LogP contribution is 2.31. The molecule has 158 valence electrons. The highest BCUT2D eigenvalue weighted by molar-refractivity contribution is 7.90. The van der Waals surface area contributed by atoms with Gasteiger partial charge in [-0.1, -0.05) is 64.5 Å². The number of benzene rings is 2. The number of halogens is 1. The Labute approximate surface area is 186 Å². The third-order valence-electron chi connectivity index (χ3n) is 4.32. The van der Waals surface area contributed by atoms with Crippen LogP contribution in [-0.2, 0) is 15.6 Å². The fourth-order valence-electron chi connectivity index (χ4n) is 2.87. The average Bonchev–Trinajstić information content (AvgIpc) is 3.34. The third kappa shape index (κ3) is 4.50. The maximum atomic E-state index is 12.9. The first-order valence-electron chi connectivity index (χ1n) is 8.98. The van der Waals surface area contributed by atoms with E-state index in [-0.39, 0.29) is 26.4 Å². The first kappa shape index (κ1) is 21.2. The molecule has 0 fully saturated rings. The van der Waals surface area contributed by atoms with E-state index in [0.717, 1.165) is 11.3 Å². The second-order valence-corrected chi connectivity index (χ2v) is 9.93. The lowest BCUT2D eigenvalue weighted by Gasteiger charge is -2.04. The van der Waals surface area contributed by atoms with Crippen molar-refractivity contribution in [3.63, 3.8) is 0 Å². The lowest BCUT2D eigenvalue weighted by molar-refractivity contribution is 0.102. The average molecular weight is 475 g/mol. The van der Waals surface area contributed by atoms with Crippen LogP contribution in [0.4, 0.5) is 5.13 Å². The maximum absolute atomic E-state index is 12.9. The monoisotopic (exact) mass is 474 g/mol. The number of nitrogens with zero attached hydrogens (tertiary/aromatic N) is 3. The second-order valence-electron chi connectivity index (χ2n) is 6.47. The molecule has 0 aliphatic carbocycles. The summed E-state index contributed by atoms with van der Waals surface area (Å²) >= 11 is 7.21. The van der Waals surface area contributed by atoms with Crippen molar-refractivity contribution in [1.29, 1.82) is 0 Å². The number of carbonyl (C=O) groups is 1. The Hall–Kier alpha value is -3.08. The number of amides is 1. The maximum Gasteiger partial charge on any atom is 0.263 e. The number of anilines is 1. The van der Waals surface area contributed by atoms with Crippen LogP contribution in [0.1, 0.15) is 21.1 Å². The van der Waals surface area contributed by atoms with Gasteiger partial charge in [0.05, 0.1) is 9.92 Å². The molecule has 1 N–H and O–H groups in total. The largest absolute Gasteiger partial charge is 0.360 e. The molecule has 31 heavy (non-hydrogen) atoms. The highest BCUT2D eigenvalue weighted by Gasteiger charge is 2.24. The zero-order valence-corrected chi connectivity index (χ0v) is 18.5. The van der Waals surface area contributed by atoms with Gasteiger partial charge in [0.2, 0.25) is 5.13 Å². The summed E-state index contributed by atoms with van der Waals surface area (Å²) in [5, 5.41) is 15.2. The second kappa shape index (κ2) is 8.58. The zero-order chi connectivity index (χ0) is 22.0. The molecule has 0 aliphatic rings. The van der Waals surface area contributed by atoms with Gasteiger partial charge in [-0.05, 0) is 25.1 Å². The van der Waals surface area contributed by atoms with Crippen molar-refractivity contribution in [2.75, 3.05) is 5.32 Å². The summed E-state index contributed by atoms with van der Waals surface area (Å²) in [6.45, 7) is 1.61. The standard InChI is InChI=1S/C20H15ClN4O4S2/c1-12-17(18(25-29-12)14-9-5-6-10-15(14)21)19(26)22-20-24-23-16(30-20)11-31(27,28)13-7-3-2-4-8-13/h2-10H,11H2,1H3,(H,22,24,26). The fourth-order valence-corrected chi connectivity index (χ4v) is 5.45. The molecule has 4 aromatic rings. The number of hydrogen-bond donors (Lipinski definition) is 1. The molecule has 11 heteroatoms. The van der Waals surface area contributed by atoms with Gasteiger partial charge in [-0.25, -0.2) is 8.42 Å². The number of carbonyl (C=O) groups excluding carboxylic acids is 1. The normalized spacial score (nSPS) is 11.4. The first-order chi connectivity index (χ1) is 14.8. The van der Waals surface area contributed by atoms with Crippen LogP contribution in [-0.4, -0.2) is 29.7 Å². The molecule has 2 aromatic heterocycles. The third-order valence-corrected chi connectivity index (χ3v) is 7.32. The van der Waals surface area contributed by atoms with E-state index in [2.05, 4.69) is 20.7 Å². The van der Waals surface area contributed by atoms with Gasteiger partial charge < -0.3 is 4.52 Å². The van der Waals surface area contributed by atoms with Crippen molar-refractivity contribution in [3.05, 3.63) is 76.0 Å². The number of sulfone groups is 1. The van der Waals surface area contributed by atoms with Crippen LogP contribution >= 0.6 is 22.9 Å². The molecule has 8 nitrogen and oxygen atoms in total. The Kier molecular flexibility index (Phi) is 5.86. The number of nitrogens with one attached hydrogen (secondary N) is 1. The van der Waals surface area contributed by atoms with E-state index in [4.69, 9.17) is 16.1 Å². The van der Waals surface area contributed by atoms with Gasteiger partial charge in [0, 0.05) is 5.56 Å². The summed E-state index contributed by atoms with van der Waals surface area (Å²) in [6.07, 6.45) is 0. The molecule has 0 radical (unpaired) electrons. The molecule has 2 heterocycles. The molecule has 0 bridgehead atoms. The van der Waals surface area contributed by atoms with Crippen LogP contribution in [0.25, 0.3) is 11.3 Å². The van der Waals surface area contributed by atoms with E-state index in [9.17, 15) is 13.2 Å². The van der Waals surface area contributed by atoms with Crippen molar-refractivity contribution in [3.8, 4) is 11.3 Å². The quantitative estimate of drug-likeness (QED) is 0.440.